The average molecular weight is 353 g/mol. The van der Waals surface area contributed by atoms with Gasteiger partial charge in [-0.15, -0.1) is 11.3 Å². The van der Waals surface area contributed by atoms with Crippen LogP contribution >= 0.6 is 38.9 Å². The van der Waals surface area contributed by atoms with Crippen molar-refractivity contribution in [3.8, 4) is 0 Å². The van der Waals surface area contributed by atoms with E-state index >= 15 is 0 Å². The van der Waals surface area contributed by atoms with Gasteiger partial charge in [0, 0.05) is 10.5 Å². The molecule has 2 rings (SSSR count). The first-order chi connectivity index (χ1) is 8.47. The number of carbonyl (C=O) groups excluding carboxylic acids is 1. The normalized spacial score (nSPS) is 10.4. The number of hydrogen-bond acceptors (Lipinski definition) is 2. The van der Waals surface area contributed by atoms with Crippen molar-refractivity contribution in [2.45, 2.75) is 0 Å². The number of amides is 1. The maximum atomic E-state index is 13.5. The number of halogens is 4. The molecule has 0 saturated heterocycles. The molecule has 0 aliphatic carbocycles. The first-order valence-electron chi connectivity index (χ1n) is 4.68. The Bertz CT molecular complexity index is 594. The Morgan fingerprint density at radius 3 is 2.61 bits per heavy atom. The summed E-state index contributed by atoms with van der Waals surface area (Å²) in [6, 6.07) is 4.86. The summed E-state index contributed by atoms with van der Waals surface area (Å²) in [5.74, 6) is -2.08. The largest absolute Gasteiger partial charge is 0.318 e. The minimum atomic E-state index is -0.849. The van der Waals surface area contributed by atoms with Gasteiger partial charge in [-0.2, -0.15) is 0 Å². The van der Waals surface area contributed by atoms with Gasteiger partial charge in [0.2, 0.25) is 0 Å². The minimum Gasteiger partial charge on any atom is -0.318 e. The molecule has 1 amide bonds. The van der Waals surface area contributed by atoms with E-state index in [-0.39, 0.29) is 10.2 Å². The van der Waals surface area contributed by atoms with Crippen molar-refractivity contribution in [3.63, 3.8) is 0 Å². The summed E-state index contributed by atoms with van der Waals surface area (Å²) < 4.78 is 27.0. The molecular weight excluding hydrogens is 348 g/mol. The van der Waals surface area contributed by atoms with E-state index in [2.05, 4.69) is 21.2 Å². The molecule has 0 bridgehead atoms. The van der Waals surface area contributed by atoms with Gasteiger partial charge in [-0.1, -0.05) is 11.6 Å². The van der Waals surface area contributed by atoms with Crippen LogP contribution in [-0.4, -0.2) is 5.91 Å². The number of hydrogen-bond donors (Lipinski definition) is 1. The molecule has 0 radical (unpaired) electrons. The lowest BCUT2D eigenvalue weighted by Gasteiger charge is -2.07. The van der Waals surface area contributed by atoms with Gasteiger partial charge in [0.1, 0.15) is 5.82 Å². The van der Waals surface area contributed by atoms with E-state index in [4.69, 9.17) is 11.6 Å². The third-order valence-electron chi connectivity index (χ3n) is 2.04. The first kappa shape index (κ1) is 13.5. The van der Waals surface area contributed by atoms with Crippen LogP contribution < -0.4 is 5.32 Å². The summed E-state index contributed by atoms with van der Waals surface area (Å²) in [7, 11) is 0. The predicted molar refractivity (Wildman–Crippen MR) is 71.3 cm³/mol. The molecule has 0 unspecified atom stereocenters. The Labute approximate surface area is 119 Å². The van der Waals surface area contributed by atoms with Crippen LogP contribution in [0.5, 0.6) is 0 Å². The predicted octanol–water partition coefficient (Wildman–Crippen LogP) is 4.69. The van der Waals surface area contributed by atoms with Gasteiger partial charge in [0.15, 0.2) is 5.82 Å². The van der Waals surface area contributed by atoms with Crippen molar-refractivity contribution >= 4 is 50.5 Å². The third-order valence-corrected chi connectivity index (χ3v) is 3.90. The lowest BCUT2D eigenvalue weighted by Crippen LogP contribution is -2.12. The quantitative estimate of drug-likeness (QED) is 0.834. The third kappa shape index (κ3) is 2.88. The van der Waals surface area contributed by atoms with Crippen LogP contribution in [0.1, 0.15) is 9.67 Å². The molecule has 2 nitrogen and oxygen atoms in total. The zero-order valence-corrected chi connectivity index (χ0v) is 11.8. The van der Waals surface area contributed by atoms with Crippen LogP contribution in [0.25, 0.3) is 0 Å². The second kappa shape index (κ2) is 5.34. The van der Waals surface area contributed by atoms with E-state index in [0.717, 1.165) is 17.4 Å². The molecule has 18 heavy (non-hydrogen) atoms. The molecular formula is C11H5BrClF2NOS. The van der Waals surface area contributed by atoms with E-state index in [1.54, 1.807) is 6.07 Å². The molecule has 0 saturated carbocycles. The van der Waals surface area contributed by atoms with Gasteiger partial charge < -0.3 is 5.32 Å². The summed E-state index contributed by atoms with van der Waals surface area (Å²) in [5.41, 5.74) is -0.106. The number of rotatable bonds is 2. The Morgan fingerprint density at radius 1 is 1.33 bits per heavy atom. The highest BCUT2D eigenvalue weighted by molar-refractivity contribution is 9.10. The Kier molecular flexibility index (Phi) is 3.99. The fourth-order valence-electron chi connectivity index (χ4n) is 1.27. The summed E-state index contributed by atoms with van der Waals surface area (Å²) in [4.78, 5) is 12.1. The topological polar surface area (TPSA) is 29.1 Å². The minimum absolute atomic E-state index is 0.106. The molecule has 7 heteroatoms. The average Bonchev–Trinajstić information content (AvgIpc) is 2.70. The molecule has 0 fully saturated rings. The monoisotopic (exact) mass is 351 g/mol. The number of carbonyl (C=O) groups is 1. The van der Waals surface area contributed by atoms with Crippen LogP contribution in [0.4, 0.5) is 14.5 Å². The zero-order chi connectivity index (χ0) is 13.3. The molecule has 0 spiro atoms. The van der Waals surface area contributed by atoms with Crippen molar-refractivity contribution in [2.75, 3.05) is 5.32 Å². The second-order valence-corrected chi connectivity index (χ2v) is 5.87. The Hall–Kier alpha value is -0.980. The first-order valence-corrected chi connectivity index (χ1v) is 6.67. The molecule has 0 atom stereocenters. The van der Waals surface area contributed by atoms with Gasteiger partial charge >= 0.3 is 0 Å². The van der Waals surface area contributed by atoms with Crippen LogP contribution in [0.3, 0.4) is 0 Å². The lowest BCUT2D eigenvalue weighted by molar-refractivity contribution is 0.103. The number of anilines is 1. The number of nitrogens with one attached hydrogen (secondary N) is 1. The van der Waals surface area contributed by atoms with Gasteiger partial charge in [-0.3, -0.25) is 4.79 Å². The summed E-state index contributed by atoms with van der Waals surface area (Å²) in [6.45, 7) is 0. The summed E-state index contributed by atoms with van der Waals surface area (Å²) in [6.07, 6.45) is 0. The molecule has 1 aromatic heterocycles. The number of benzene rings is 1. The Balaban J connectivity index is 2.27. The fourth-order valence-corrected chi connectivity index (χ4v) is 2.72. The van der Waals surface area contributed by atoms with Crippen LogP contribution in [0.2, 0.25) is 4.34 Å². The smallest absolute Gasteiger partial charge is 0.265 e. The standard InChI is InChI=1S/C11H5BrClF2NOS/c12-6-3-5(14)4-7(15)10(6)16-11(17)8-1-2-9(13)18-8/h1-4H,(H,16,17). The fraction of sp³-hybridized carbons (Fsp3) is 0. The SMILES string of the molecule is O=C(Nc1c(F)cc(F)cc1Br)c1ccc(Cl)s1. The van der Waals surface area contributed by atoms with Gasteiger partial charge in [0.25, 0.3) is 5.91 Å². The van der Waals surface area contributed by atoms with Crippen LogP contribution in [0.15, 0.2) is 28.7 Å². The summed E-state index contributed by atoms with van der Waals surface area (Å²) >= 11 is 9.75. The molecule has 1 N–H and O–H groups in total. The molecule has 1 aromatic carbocycles. The van der Waals surface area contributed by atoms with E-state index in [9.17, 15) is 13.6 Å². The van der Waals surface area contributed by atoms with Crippen molar-refractivity contribution < 1.29 is 13.6 Å². The molecule has 0 aliphatic heterocycles. The molecule has 94 valence electrons. The molecule has 0 aliphatic rings. The second-order valence-electron chi connectivity index (χ2n) is 3.30. The zero-order valence-electron chi connectivity index (χ0n) is 8.64. The number of thiophene rings is 1. The van der Waals surface area contributed by atoms with E-state index in [1.807, 2.05) is 0 Å². The van der Waals surface area contributed by atoms with Crippen molar-refractivity contribution in [1.29, 1.82) is 0 Å². The highest BCUT2D eigenvalue weighted by Crippen LogP contribution is 2.28. The van der Waals surface area contributed by atoms with Gasteiger partial charge in [0.05, 0.1) is 14.9 Å². The van der Waals surface area contributed by atoms with Crippen molar-refractivity contribution in [1.82, 2.24) is 0 Å². The maximum Gasteiger partial charge on any atom is 0.265 e. The molecule has 1 heterocycles. The van der Waals surface area contributed by atoms with Crippen molar-refractivity contribution in [2.24, 2.45) is 0 Å². The van der Waals surface area contributed by atoms with Crippen molar-refractivity contribution in [3.05, 3.63) is 49.6 Å². The van der Waals surface area contributed by atoms with Crippen LogP contribution in [0, 0.1) is 11.6 Å². The van der Waals surface area contributed by atoms with E-state index < -0.39 is 17.5 Å². The van der Waals surface area contributed by atoms with E-state index in [1.165, 1.54) is 6.07 Å². The summed E-state index contributed by atoms with van der Waals surface area (Å²) in [5, 5.41) is 2.36. The highest BCUT2D eigenvalue weighted by atomic mass is 79.9. The highest BCUT2D eigenvalue weighted by Gasteiger charge is 2.15. The Morgan fingerprint density at radius 2 is 2.06 bits per heavy atom. The molecule has 2 aromatic rings. The maximum absolute atomic E-state index is 13.5. The van der Waals surface area contributed by atoms with Gasteiger partial charge in [-0.25, -0.2) is 8.78 Å². The van der Waals surface area contributed by atoms with Crippen LogP contribution in [-0.2, 0) is 0 Å². The lowest BCUT2D eigenvalue weighted by atomic mass is 10.3. The van der Waals surface area contributed by atoms with E-state index in [0.29, 0.717) is 15.3 Å². The van der Waals surface area contributed by atoms with Gasteiger partial charge in [-0.05, 0) is 34.1 Å².